The van der Waals surface area contributed by atoms with Crippen molar-refractivity contribution in [3.05, 3.63) is 41.5 Å². The molecule has 0 spiro atoms. The highest BCUT2D eigenvalue weighted by atomic mass is 19.1. The first-order valence-electron chi connectivity index (χ1n) is 5.77. The fraction of sp³-hybridized carbons (Fsp3) is 0.333. The van der Waals surface area contributed by atoms with Gasteiger partial charge in [0.1, 0.15) is 11.5 Å². The molecule has 0 unspecified atom stereocenters. The molecule has 0 radical (unpaired) electrons. The third kappa shape index (κ3) is 3.11. The van der Waals surface area contributed by atoms with E-state index in [1.807, 2.05) is 13.8 Å². The molecule has 1 N–H and O–H groups in total. The predicted molar refractivity (Wildman–Crippen MR) is 63.2 cm³/mol. The van der Waals surface area contributed by atoms with Crippen LogP contribution in [-0.2, 0) is 6.54 Å². The van der Waals surface area contributed by atoms with Crippen molar-refractivity contribution in [3.8, 4) is 5.69 Å². The largest absolute Gasteiger partial charge is 0.309 e. The molecule has 2 aromatic rings. The van der Waals surface area contributed by atoms with Crippen molar-refractivity contribution in [2.45, 2.75) is 26.4 Å². The van der Waals surface area contributed by atoms with Gasteiger partial charge in [-0.15, -0.1) is 5.10 Å². The summed E-state index contributed by atoms with van der Waals surface area (Å²) in [6.07, 6.45) is 1.40. The van der Waals surface area contributed by atoms with Crippen LogP contribution >= 0.6 is 0 Å². The Morgan fingerprint density at radius 3 is 2.42 bits per heavy atom. The zero-order valence-electron chi connectivity index (χ0n) is 10.5. The van der Waals surface area contributed by atoms with Crippen LogP contribution in [0.4, 0.5) is 13.2 Å². The molecule has 0 aliphatic rings. The Bertz CT molecular complexity index is 557. The SMILES string of the molecule is CC(C)NCc1cn(-c2c(F)cc(F)cc2F)nn1. The summed E-state index contributed by atoms with van der Waals surface area (Å²) in [5.74, 6) is -3.02. The smallest absolute Gasteiger partial charge is 0.154 e. The lowest BCUT2D eigenvalue weighted by atomic mass is 10.3. The van der Waals surface area contributed by atoms with Crippen LogP contribution in [0.3, 0.4) is 0 Å². The Hall–Kier alpha value is -1.89. The summed E-state index contributed by atoms with van der Waals surface area (Å²) >= 11 is 0. The molecule has 4 nitrogen and oxygen atoms in total. The maximum absolute atomic E-state index is 13.5. The average Bonchev–Trinajstić information content (AvgIpc) is 2.73. The van der Waals surface area contributed by atoms with E-state index in [9.17, 15) is 13.2 Å². The molecular formula is C12H13F3N4. The third-order valence-corrected chi connectivity index (χ3v) is 2.44. The summed E-state index contributed by atoms with van der Waals surface area (Å²) in [5.41, 5.74) is 0.0986. The summed E-state index contributed by atoms with van der Waals surface area (Å²) in [6.45, 7) is 4.36. The van der Waals surface area contributed by atoms with Gasteiger partial charge in [0.2, 0.25) is 0 Å². The van der Waals surface area contributed by atoms with E-state index in [1.165, 1.54) is 6.20 Å². The van der Waals surface area contributed by atoms with E-state index in [0.29, 0.717) is 24.4 Å². The van der Waals surface area contributed by atoms with E-state index < -0.39 is 23.1 Å². The van der Waals surface area contributed by atoms with Crippen molar-refractivity contribution in [2.24, 2.45) is 0 Å². The Kier molecular flexibility index (Phi) is 3.84. The third-order valence-electron chi connectivity index (χ3n) is 2.44. The van der Waals surface area contributed by atoms with Crippen LogP contribution < -0.4 is 5.32 Å². The molecule has 0 atom stereocenters. The van der Waals surface area contributed by atoms with E-state index >= 15 is 0 Å². The summed E-state index contributed by atoms with van der Waals surface area (Å²) in [7, 11) is 0. The molecule has 0 aliphatic carbocycles. The molecule has 0 bridgehead atoms. The minimum Gasteiger partial charge on any atom is -0.309 e. The zero-order chi connectivity index (χ0) is 14.0. The molecule has 1 heterocycles. The number of nitrogens with zero attached hydrogens (tertiary/aromatic N) is 3. The molecule has 0 saturated heterocycles. The van der Waals surface area contributed by atoms with E-state index in [4.69, 9.17) is 0 Å². The first kappa shape index (κ1) is 13.5. The first-order valence-corrected chi connectivity index (χ1v) is 5.77. The van der Waals surface area contributed by atoms with Gasteiger partial charge in [0.05, 0.1) is 11.9 Å². The monoisotopic (exact) mass is 270 g/mol. The molecule has 0 saturated carbocycles. The van der Waals surface area contributed by atoms with E-state index in [0.717, 1.165) is 4.68 Å². The van der Waals surface area contributed by atoms with Crippen LogP contribution in [0.2, 0.25) is 0 Å². The lowest BCUT2D eigenvalue weighted by molar-refractivity contribution is 0.526. The van der Waals surface area contributed by atoms with E-state index in [-0.39, 0.29) is 6.04 Å². The van der Waals surface area contributed by atoms with Gasteiger partial charge in [0, 0.05) is 24.7 Å². The Balaban J connectivity index is 2.28. The maximum atomic E-state index is 13.5. The molecule has 19 heavy (non-hydrogen) atoms. The molecule has 1 aromatic carbocycles. The second-order valence-corrected chi connectivity index (χ2v) is 4.41. The molecular weight excluding hydrogens is 257 g/mol. The zero-order valence-corrected chi connectivity index (χ0v) is 10.5. The topological polar surface area (TPSA) is 42.7 Å². The van der Waals surface area contributed by atoms with Gasteiger partial charge in [0.25, 0.3) is 0 Å². The Labute approximate surface area is 108 Å². The second kappa shape index (κ2) is 5.40. The van der Waals surface area contributed by atoms with Crippen LogP contribution in [0.15, 0.2) is 18.3 Å². The van der Waals surface area contributed by atoms with Crippen molar-refractivity contribution < 1.29 is 13.2 Å². The summed E-state index contributed by atoms with van der Waals surface area (Å²) in [5, 5.41) is 10.5. The van der Waals surface area contributed by atoms with Gasteiger partial charge >= 0.3 is 0 Å². The summed E-state index contributed by atoms with van der Waals surface area (Å²) in [6, 6.07) is 1.46. The maximum Gasteiger partial charge on any atom is 0.154 e. The van der Waals surface area contributed by atoms with Gasteiger partial charge in [-0.3, -0.25) is 0 Å². The minimum atomic E-state index is -1.02. The van der Waals surface area contributed by atoms with Gasteiger partial charge in [-0.05, 0) is 0 Å². The Morgan fingerprint density at radius 1 is 1.21 bits per heavy atom. The molecule has 0 aliphatic heterocycles. The van der Waals surface area contributed by atoms with Gasteiger partial charge < -0.3 is 5.32 Å². The van der Waals surface area contributed by atoms with E-state index in [1.54, 1.807) is 0 Å². The van der Waals surface area contributed by atoms with Crippen LogP contribution in [0.5, 0.6) is 0 Å². The number of aromatic nitrogens is 3. The lowest BCUT2D eigenvalue weighted by Crippen LogP contribution is -2.21. The van der Waals surface area contributed by atoms with Crippen molar-refractivity contribution >= 4 is 0 Å². The lowest BCUT2D eigenvalue weighted by Gasteiger charge is -2.05. The number of rotatable bonds is 4. The number of nitrogens with one attached hydrogen (secondary N) is 1. The fourth-order valence-electron chi connectivity index (χ4n) is 1.55. The van der Waals surface area contributed by atoms with Gasteiger partial charge in [0.15, 0.2) is 11.6 Å². The highest BCUT2D eigenvalue weighted by Gasteiger charge is 2.15. The minimum absolute atomic E-state index is 0.254. The second-order valence-electron chi connectivity index (χ2n) is 4.41. The van der Waals surface area contributed by atoms with Crippen LogP contribution in [0.1, 0.15) is 19.5 Å². The van der Waals surface area contributed by atoms with Gasteiger partial charge in [-0.2, -0.15) is 0 Å². The van der Waals surface area contributed by atoms with Crippen molar-refractivity contribution in [2.75, 3.05) is 0 Å². The van der Waals surface area contributed by atoms with Crippen LogP contribution in [-0.4, -0.2) is 21.0 Å². The number of benzene rings is 1. The Morgan fingerprint density at radius 2 is 1.84 bits per heavy atom. The van der Waals surface area contributed by atoms with Crippen molar-refractivity contribution in [1.29, 1.82) is 0 Å². The molecule has 2 rings (SSSR count). The molecule has 1 aromatic heterocycles. The quantitative estimate of drug-likeness (QED) is 0.926. The first-order chi connectivity index (χ1) is 8.97. The highest BCUT2D eigenvalue weighted by Crippen LogP contribution is 2.18. The number of hydrogen-bond donors (Lipinski definition) is 1. The predicted octanol–water partition coefficient (Wildman–Crippen LogP) is 2.18. The van der Waals surface area contributed by atoms with E-state index in [2.05, 4.69) is 15.6 Å². The number of hydrogen-bond acceptors (Lipinski definition) is 3. The summed E-state index contributed by atoms with van der Waals surface area (Å²) in [4.78, 5) is 0. The van der Waals surface area contributed by atoms with Crippen molar-refractivity contribution in [3.63, 3.8) is 0 Å². The normalized spacial score (nSPS) is 11.3. The standard InChI is InChI=1S/C12H13F3N4/c1-7(2)16-5-9-6-19(18-17-9)12-10(14)3-8(13)4-11(12)15/h3-4,6-7,16H,5H2,1-2H3. The average molecular weight is 270 g/mol. The highest BCUT2D eigenvalue weighted by molar-refractivity contribution is 5.34. The molecule has 7 heteroatoms. The van der Waals surface area contributed by atoms with Crippen LogP contribution in [0.25, 0.3) is 5.69 Å². The van der Waals surface area contributed by atoms with Gasteiger partial charge in [-0.25, -0.2) is 17.9 Å². The van der Waals surface area contributed by atoms with Crippen molar-refractivity contribution in [1.82, 2.24) is 20.3 Å². The molecule has 0 amide bonds. The summed E-state index contributed by atoms with van der Waals surface area (Å²) < 4.78 is 40.8. The van der Waals surface area contributed by atoms with Crippen LogP contribution in [0, 0.1) is 17.5 Å². The number of halogens is 3. The molecule has 102 valence electrons. The fourth-order valence-corrected chi connectivity index (χ4v) is 1.55. The molecule has 0 fully saturated rings. The van der Waals surface area contributed by atoms with Gasteiger partial charge in [-0.1, -0.05) is 19.1 Å².